The first-order chi connectivity index (χ1) is 14.2. The van der Waals surface area contributed by atoms with E-state index in [9.17, 15) is 0 Å². The maximum Gasteiger partial charge on any atom is 0.0936 e. The molecule has 0 bridgehead atoms. The number of ether oxygens (including phenoxy) is 4. The Kier molecular flexibility index (Phi) is 20.5. The summed E-state index contributed by atoms with van der Waals surface area (Å²) in [5.74, 6) is 2.29. The average molecular weight is 468 g/mol. The standard InChI is InChI=1S/C23H49NO4S2/c1-18(2)25-16-22(27-20(5)6)11-9-10-13-29-30-14-12-24-15-23(28-21(7)8)17-26-19(3)4/h18-24H,9-17H2,1-8H3. The second-order valence-corrected chi connectivity index (χ2v) is 11.4. The van der Waals surface area contributed by atoms with Crippen molar-refractivity contribution in [3.05, 3.63) is 0 Å². The molecule has 2 unspecified atom stereocenters. The third-order valence-corrected chi connectivity index (χ3v) is 6.47. The van der Waals surface area contributed by atoms with Crippen molar-refractivity contribution in [2.45, 2.75) is 111 Å². The van der Waals surface area contributed by atoms with Crippen LogP contribution in [0.1, 0.15) is 74.7 Å². The van der Waals surface area contributed by atoms with Gasteiger partial charge in [-0.25, -0.2) is 0 Å². The molecule has 0 rings (SSSR count). The highest BCUT2D eigenvalue weighted by atomic mass is 33.1. The topological polar surface area (TPSA) is 49.0 Å². The minimum Gasteiger partial charge on any atom is -0.376 e. The third kappa shape index (κ3) is 21.7. The van der Waals surface area contributed by atoms with Crippen LogP contribution in [0.4, 0.5) is 0 Å². The lowest BCUT2D eigenvalue weighted by Gasteiger charge is -2.22. The van der Waals surface area contributed by atoms with Crippen LogP contribution in [-0.2, 0) is 18.9 Å². The Morgan fingerprint density at radius 3 is 1.73 bits per heavy atom. The van der Waals surface area contributed by atoms with Crippen LogP contribution in [-0.4, -0.2) is 74.4 Å². The molecule has 0 aliphatic heterocycles. The van der Waals surface area contributed by atoms with E-state index in [4.69, 9.17) is 18.9 Å². The fraction of sp³-hybridized carbons (Fsp3) is 1.00. The Morgan fingerprint density at radius 1 is 0.633 bits per heavy atom. The summed E-state index contributed by atoms with van der Waals surface area (Å²) < 4.78 is 23.4. The molecule has 0 amide bonds. The van der Waals surface area contributed by atoms with E-state index in [1.165, 1.54) is 18.6 Å². The van der Waals surface area contributed by atoms with Gasteiger partial charge in [-0.15, -0.1) is 0 Å². The molecule has 5 nitrogen and oxygen atoms in total. The lowest BCUT2D eigenvalue weighted by atomic mass is 10.1. The molecule has 1 N–H and O–H groups in total. The average Bonchev–Trinajstić information content (AvgIpc) is 2.64. The van der Waals surface area contributed by atoms with Crippen molar-refractivity contribution in [2.24, 2.45) is 0 Å². The maximum atomic E-state index is 5.98. The molecule has 7 heteroatoms. The van der Waals surface area contributed by atoms with Crippen molar-refractivity contribution >= 4 is 21.6 Å². The molecule has 0 spiro atoms. The van der Waals surface area contributed by atoms with E-state index in [1.54, 1.807) is 0 Å². The predicted molar refractivity (Wildman–Crippen MR) is 134 cm³/mol. The van der Waals surface area contributed by atoms with E-state index >= 15 is 0 Å². The summed E-state index contributed by atoms with van der Waals surface area (Å²) in [4.78, 5) is 0. The van der Waals surface area contributed by atoms with Gasteiger partial charge in [0.25, 0.3) is 0 Å². The first-order valence-corrected chi connectivity index (χ1v) is 14.2. The number of nitrogens with one attached hydrogen (secondary N) is 1. The smallest absolute Gasteiger partial charge is 0.0936 e. The van der Waals surface area contributed by atoms with Crippen LogP contribution < -0.4 is 5.32 Å². The number of hydrogen-bond acceptors (Lipinski definition) is 7. The predicted octanol–water partition coefficient (Wildman–Crippen LogP) is 5.56. The normalized spacial score (nSPS) is 14.4. The molecular formula is C23H49NO4S2. The molecule has 0 aromatic heterocycles. The largest absolute Gasteiger partial charge is 0.376 e. The molecule has 2 atom stereocenters. The molecule has 182 valence electrons. The Morgan fingerprint density at radius 2 is 1.17 bits per heavy atom. The zero-order chi connectivity index (χ0) is 22.8. The first-order valence-electron chi connectivity index (χ1n) is 11.7. The lowest BCUT2D eigenvalue weighted by molar-refractivity contribution is -0.0620. The molecule has 0 saturated heterocycles. The van der Waals surface area contributed by atoms with Crippen LogP contribution in [0.25, 0.3) is 0 Å². The third-order valence-electron chi connectivity index (χ3n) is 3.98. The van der Waals surface area contributed by atoms with Crippen LogP contribution in [0, 0.1) is 0 Å². The van der Waals surface area contributed by atoms with Crippen LogP contribution in [0.3, 0.4) is 0 Å². The van der Waals surface area contributed by atoms with Gasteiger partial charge in [-0.1, -0.05) is 21.6 Å². The highest BCUT2D eigenvalue weighted by Gasteiger charge is 2.13. The Bertz CT molecular complexity index is 337. The molecular weight excluding hydrogens is 418 g/mol. The molecule has 0 aromatic carbocycles. The van der Waals surface area contributed by atoms with Crippen molar-refractivity contribution in [3.8, 4) is 0 Å². The number of unbranched alkanes of at least 4 members (excludes halogenated alkanes) is 1. The van der Waals surface area contributed by atoms with Crippen molar-refractivity contribution in [1.82, 2.24) is 5.32 Å². The van der Waals surface area contributed by atoms with Gasteiger partial charge in [-0.05, 0) is 74.7 Å². The Labute approximate surface area is 194 Å². The minimum atomic E-state index is 0.116. The van der Waals surface area contributed by atoms with Gasteiger partial charge in [0, 0.05) is 24.6 Å². The van der Waals surface area contributed by atoms with Gasteiger partial charge < -0.3 is 24.3 Å². The van der Waals surface area contributed by atoms with E-state index in [2.05, 4.69) is 60.7 Å². The summed E-state index contributed by atoms with van der Waals surface area (Å²) >= 11 is 0. The van der Waals surface area contributed by atoms with Gasteiger partial charge in [0.15, 0.2) is 0 Å². The minimum absolute atomic E-state index is 0.116. The monoisotopic (exact) mass is 467 g/mol. The van der Waals surface area contributed by atoms with E-state index in [1.807, 2.05) is 21.6 Å². The van der Waals surface area contributed by atoms with Crippen molar-refractivity contribution in [3.63, 3.8) is 0 Å². The highest BCUT2D eigenvalue weighted by Crippen LogP contribution is 2.22. The Hall–Kier alpha value is 0.500. The molecule has 0 fully saturated rings. The SMILES string of the molecule is CC(C)OCC(CCCCSSCCNCC(COC(C)C)OC(C)C)OC(C)C. The zero-order valence-electron chi connectivity index (χ0n) is 20.8. The van der Waals surface area contributed by atoms with Gasteiger partial charge in [0.2, 0.25) is 0 Å². The summed E-state index contributed by atoms with van der Waals surface area (Å²) in [7, 11) is 3.92. The van der Waals surface area contributed by atoms with Gasteiger partial charge in [0.05, 0.1) is 49.8 Å². The van der Waals surface area contributed by atoms with Crippen molar-refractivity contribution in [2.75, 3.05) is 37.8 Å². The summed E-state index contributed by atoms with van der Waals surface area (Å²) in [5.41, 5.74) is 0. The van der Waals surface area contributed by atoms with E-state index < -0.39 is 0 Å². The van der Waals surface area contributed by atoms with Crippen LogP contribution >= 0.6 is 21.6 Å². The number of rotatable bonds is 21. The van der Waals surface area contributed by atoms with Crippen LogP contribution in [0.5, 0.6) is 0 Å². The summed E-state index contributed by atoms with van der Waals surface area (Å²) in [5, 5.41) is 3.50. The molecule has 0 heterocycles. The van der Waals surface area contributed by atoms with E-state index in [0.717, 1.165) is 25.3 Å². The van der Waals surface area contributed by atoms with E-state index in [-0.39, 0.29) is 36.6 Å². The Balaban J connectivity index is 3.72. The summed E-state index contributed by atoms with van der Waals surface area (Å²) in [6.07, 6.45) is 4.80. The first kappa shape index (κ1) is 30.5. The van der Waals surface area contributed by atoms with Crippen molar-refractivity contribution < 1.29 is 18.9 Å². The van der Waals surface area contributed by atoms with Crippen molar-refractivity contribution in [1.29, 1.82) is 0 Å². The maximum absolute atomic E-state index is 5.98. The summed E-state index contributed by atoms with van der Waals surface area (Å²) in [6, 6.07) is 0. The highest BCUT2D eigenvalue weighted by molar-refractivity contribution is 8.76. The molecule has 30 heavy (non-hydrogen) atoms. The molecule has 0 aliphatic carbocycles. The zero-order valence-corrected chi connectivity index (χ0v) is 22.4. The molecule has 0 aromatic rings. The second kappa shape index (κ2) is 20.1. The molecule has 0 radical (unpaired) electrons. The fourth-order valence-electron chi connectivity index (χ4n) is 2.73. The van der Waals surface area contributed by atoms with Crippen LogP contribution in [0.15, 0.2) is 0 Å². The summed E-state index contributed by atoms with van der Waals surface area (Å²) in [6.45, 7) is 19.8. The van der Waals surface area contributed by atoms with E-state index in [0.29, 0.717) is 13.2 Å². The molecule has 0 saturated carbocycles. The molecule has 0 aliphatic rings. The van der Waals surface area contributed by atoms with Gasteiger partial charge >= 0.3 is 0 Å². The second-order valence-electron chi connectivity index (χ2n) is 8.72. The van der Waals surface area contributed by atoms with Crippen LogP contribution in [0.2, 0.25) is 0 Å². The lowest BCUT2D eigenvalue weighted by Crippen LogP contribution is -2.36. The van der Waals surface area contributed by atoms with Gasteiger partial charge in [-0.3, -0.25) is 0 Å². The quantitative estimate of drug-likeness (QED) is 0.175. The fourth-order valence-corrected chi connectivity index (χ4v) is 4.83. The van der Waals surface area contributed by atoms with Gasteiger partial charge in [-0.2, -0.15) is 0 Å². The number of hydrogen-bond donors (Lipinski definition) is 1. The van der Waals surface area contributed by atoms with Gasteiger partial charge in [0.1, 0.15) is 0 Å².